The molecule has 0 atom stereocenters. The maximum absolute atomic E-state index is 10.8. The summed E-state index contributed by atoms with van der Waals surface area (Å²) in [7, 11) is 1.50. The average Bonchev–Trinajstić information content (AvgIpc) is 2.16. The first-order valence-electron chi connectivity index (χ1n) is 4.14. The Labute approximate surface area is 82.6 Å². The minimum Gasteiger partial charge on any atom is -0.461 e. The summed E-state index contributed by atoms with van der Waals surface area (Å²) in [5.74, 6) is -1.14. The fraction of sp³-hybridized carbons (Fsp3) is 0.556. The van der Waals surface area contributed by atoms with Gasteiger partial charge in [-0.15, -0.1) is 0 Å². The van der Waals surface area contributed by atoms with Crippen LogP contribution in [0.25, 0.3) is 0 Å². The molecule has 0 saturated heterocycles. The topological polar surface area (TPSA) is 61.8 Å². The molecule has 0 aliphatic rings. The molecule has 0 heterocycles. The lowest BCUT2D eigenvalue weighted by molar-refractivity contribution is -0.156. The predicted octanol–water partition coefficient (Wildman–Crippen LogP) is 0.295. The summed E-state index contributed by atoms with van der Waals surface area (Å²) in [5.41, 5.74) is 0. The zero-order valence-corrected chi connectivity index (χ0v) is 8.32. The van der Waals surface area contributed by atoms with E-state index in [0.717, 1.165) is 0 Å². The van der Waals surface area contributed by atoms with Crippen molar-refractivity contribution in [1.29, 1.82) is 0 Å². The number of allylic oxidation sites excluding steroid dienone is 1. The summed E-state index contributed by atoms with van der Waals surface area (Å²) < 4.78 is 13.8. The smallest absolute Gasteiger partial charge is 0.344 e. The summed E-state index contributed by atoms with van der Waals surface area (Å²) >= 11 is 0. The highest BCUT2D eigenvalue weighted by Gasteiger charge is 2.05. The number of rotatable bonds is 6. The molecule has 0 amide bonds. The van der Waals surface area contributed by atoms with E-state index in [1.807, 2.05) is 0 Å². The molecular weight excluding hydrogens is 188 g/mol. The van der Waals surface area contributed by atoms with Crippen LogP contribution in [0.1, 0.15) is 6.92 Å². The molecule has 0 aliphatic carbocycles. The van der Waals surface area contributed by atoms with Crippen molar-refractivity contribution in [3.8, 4) is 0 Å². The van der Waals surface area contributed by atoms with Crippen LogP contribution in [0, 0.1) is 0 Å². The van der Waals surface area contributed by atoms with Gasteiger partial charge in [-0.2, -0.15) is 0 Å². The number of esters is 2. The Hall–Kier alpha value is -1.36. The summed E-state index contributed by atoms with van der Waals surface area (Å²) in [4.78, 5) is 21.6. The van der Waals surface area contributed by atoms with Crippen LogP contribution in [-0.4, -0.2) is 38.9 Å². The van der Waals surface area contributed by atoms with Gasteiger partial charge in [0.05, 0.1) is 6.61 Å². The molecule has 0 aromatic heterocycles. The Balaban J connectivity index is 3.48. The Morgan fingerprint density at radius 1 is 1.21 bits per heavy atom. The van der Waals surface area contributed by atoms with Crippen LogP contribution in [0.2, 0.25) is 0 Å². The van der Waals surface area contributed by atoms with Crippen molar-refractivity contribution >= 4 is 11.9 Å². The first-order valence-corrected chi connectivity index (χ1v) is 4.14. The molecule has 0 aromatic rings. The van der Waals surface area contributed by atoms with Crippen LogP contribution in [0.5, 0.6) is 0 Å². The lowest BCUT2D eigenvalue weighted by Crippen LogP contribution is -2.17. The summed E-state index contributed by atoms with van der Waals surface area (Å²) in [6.45, 7) is 1.80. The molecule has 5 heteroatoms. The number of carbonyl (C=O) groups is 2. The van der Waals surface area contributed by atoms with Gasteiger partial charge in [-0.05, 0) is 6.92 Å². The van der Waals surface area contributed by atoms with Gasteiger partial charge in [-0.3, -0.25) is 0 Å². The minimum absolute atomic E-state index is 0.163. The van der Waals surface area contributed by atoms with Crippen molar-refractivity contribution in [3.63, 3.8) is 0 Å². The van der Waals surface area contributed by atoms with Gasteiger partial charge < -0.3 is 14.2 Å². The van der Waals surface area contributed by atoms with Crippen molar-refractivity contribution in [2.45, 2.75) is 6.92 Å². The molecule has 5 nitrogen and oxygen atoms in total. The van der Waals surface area contributed by atoms with E-state index < -0.39 is 11.9 Å². The first-order chi connectivity index (χ1) is 6.70. The van der Waals surface area contributed by atoms with E-state index in [2.05, 4.69) is 14.2 Å². The van der Waals surface area contributed by atoms with Gasteiger partial charge in [0.15, 0.2) is 6.61 Å². The van der Waals surface area contributed by atoms with Gasteiger partial charge in [-0.1, -0.05) is 6.08 Å². The largest absolute Gasteiger partial charge is 0.461 e. The van der Waals surface area contributed by atoms with Crippen LogP contribution in [-0.2, 0) is 23.8 Å². The van der Waals surface area contributed by atoms with Crippen LogP contribution < -0.4 is 0 Å². The highest BCUT2D eigenvalue weighted by molar-refractivity contribution is 5.84. The van der Waals surface area contributed by atoms with Crippen molar-refractivity contribution < 1.29 is 23.8 Å². The molecule has 0 radical (unpaired) electrons. The molecule has 0 fully saturated rings. The Morgan fingerprint density at radius 2 is 1.93 bits per heavy atom. The molecule has 0 N–H and O–H groups in total. The summed E-state index contributed by atoms with van der Waals surface area (Å²) in [6, 6.07) is 0. The Morgan fingerprint density at radius 3 is 2.50 bits per heavy atom. The fourth-order valence-electron chi connectivity index (χ4n) is 0.595. The third-order valence-electron chi connectivity index (χ3n) is 1.19. The van der Waals surface area contributed by atoms with Gasteiger partial charge in [0.1, 0.15) is 6.61 Å². The van der Waals surface area contributed by atoms with E-state index in [-0.39, 0.29) is 13.2 Å². The van der Waals surface area contributed by atoms with Crippen LogP contribution in [0.4, 0.5) is 0 Å². The van der Waals surface area contributed by atoms with Gasteiger partial charge in [0.2, 0.25) is 0 Å². The number of carbonyl (C=O) groups excluding carboxylic acids is 2. The Kier molecular flexibility index (Phi) is 7.45. The third-order valence-corrected chi connectivity index (χ3v) is 1.19. The van der Waals surface area contributed by atoms with Crippen LogP contribution in [0.3, 0.4) is 0 Å². The average molecular weight is 202 g/mol. The van der Waals surface area contributed by atoms with Gasteiger partial charge in [0, 0.05) is 13.2 Å². The molecule has 0 rings (SSSR count). The molecular formula is C9H14O5. The molecule has 0 saturated carbocycles. The van der Waals surface area contributed by atoms with Crippen LogP contribution >= 0.6 is 0 Å². The zero-order valence-electron chi connectivity index (χ0n) is 8.32. The van der Waals surface area contributed by atoms with Crippen LogP contribution in [0.15, 0.2) is 12.2 Å². The Bertz CT molecular complexity index is 209. The summed E-state index contributed by atoms with van der Waals surface area (Å²) in [5, 5.41) is 0. The van der Waals surface area contributed by atoms with Gasteiger partial charge in [-0.25, -0.2) is 9.59 Å². The molecule has 0 aromatic carbocycles. The van der Waals surface area contributed by atoms with E-state index >= 15 is 0 Å². The maximum atomic E-state index is 10.8. The molecule has 0 aliphatic heterocycles. The number of hydrogen-bond acceptors (Lipinski definition) is 5. The highest BCUT2D eigenvalue weighted by Crippen LogP contribution is 1.85. The first kappa shape index (κ1) is 12.6. The van der Waals surface area contributed by atoms with Crippen molar-refractivity contribution in [2.24, 2.45) is 0 Å². The molecule has 14 heavy (non-hydrogen) atoms. The normalized spacial score (nSPS) is 10.1. The van der Waals surface area contributed by atoms with E-state index in [1.165, 1.54) is 19.3 Å². The second-order valence-electron chi connectivity index (χ2n) is 2.32. The lowest BCUT2D eigenvalue weighted by atomic mass is 10.5. The standard InChI is InChI=1S/C9H14O5/c1-3-4-8(10)14-7-9(11)13-6-5-12-2/h3-4H,5-7H2,1-2H3/b4-3-. The maximum Gasteiger partial charge on any atom is 0.344 e. The third kappa shape index (κ3) is 7.30. The van der Waals surface area contributed by atoms with E-state index in [0.29, 0.717) is 6.61 Å². The zero-order chi connectivity index (χ0) is 10.8. The molecule has 0 unspecified atom stereocenters. The van der Waals surface area contributed by atoms with Gasteiger partial charge in [0.25, 0.3) is 0 Å². The lowest BCUT2D eigenvalue weighted by Gasteiger charge is -2.03. The summed E-state index contributed by atoms with van der Waals surface area (Å²) in [6.07, 6.45) is 2.75. The minimum atomic E-state index is -0.583. The monoisotopic (exact) mass is 202 g/mol. The second kappa shape index (κ2) is 8.25. The van der Waals surface area contributed by atoms with Crippen molar-refractivity contribution in [1.82, 2.24) is 0 Å². The van der Waals surface area contributed by atoms with E-state index in [4.69, 9.17) is 0 Å². The number of hydrogen-bond donors (Lipinski definition) is 0. The highest BCUT2D eigenvalue weighted by atomic mass is 16.6. The van der Waals surface area contributed by atoms with Gasteiger partial charge >= 0.3 is 11.9 Å². The molecule has 0 spiro atoms. The quantitative estimate of drug-likeness (QED) is 0.352. The predicted molar refractivity (Wildman–Crippen MR) is 48.6 cm³/mol. The number of methoxy groups -OCH3 is 1. The van der Waals surface area contributed by atoms with E-state index in [1.54, 1.807) is 6.92 Å². The van der Waals surface area contributed by atoms with E-state index in [9.17, 15) is 9.59 Å². The second-order valence-corrected chi connectivity index (χ2v) is 2.32. The SMILES string of the molecule is C/C=C\C(=O)OCC(=O)OCCOC. The van der Waals surface area contributed by atoms with Crippen molar-refractivity contribution in [3.05, 3.63) is 12.2 Å². The molecule has 0 bridgehead atoms. The number of ether oxygens (including phenoxy) is 3. The van der Waals surface area contributed by atoms with Crippen molar-refractivity contribution in [2.75, 3.05) is 26.9 Å². The molecule has 80 valence electrons. The fourth-order valence-corrected chi connectivity index (χ4v) is 0.595.